The van der Waals surface area contributed by atoms with E-state index in [1.807, 2.05) is 0 Å². The number of rotatable bonds is 6. The summed E-state index contributed by atoms with van der Waals surface area (Å²) >= 11 is 0. The average molecular weight is 236 g/mol. The van der Waals surface area contributed by atoms with Crippen LogP contribution in [0.25, 0.3) is 0 Å². The molecule has 0 heterocycles. The Kier molecular flexibility index (Phi) is 5.19. The Labute approximate surface area is 91.7 Å². The van der Waals surface area contributed by atoms with Gasteiger partial charge in [0.15, 0.2) is 0 Å². The van der Waals surface area contributed by atoms with E-state index in [-0.39, 0.29) is 5.84 Å². The molecule has 0 amide bonds. The van der Waals surface area contributed by atoms with E-state index in [2.05, 4.69) is 0 Å². The molecule has 90 valence electrons. The van der Waals surface area contributed by atoms with Crippen LogP contribution >= 0.6 is 0 Å². The highest BCUT2D eigenvalue weighted by Crippen LogP contribution is 2.09. The third kappa shape index (κ3) is 3.15. The summed E-state index contributed by atoms with van der Waals surface area (Å²) in [5.41, 5.74) is 5.28. The van der Waals surface area contributed by atoms with Gasteiger partial charge in [0.1, 0.15) is 5.84 Å². The molecule has 1 atom stereocenters. The molecule has 0 saturated carbocycles. The Hall–Kier alpha value is -0.660. The van der Waals surface area contributed by atoms with Crippen molar-refractivity contribution in [3.63, 3.8) is 0 Å². The first-order valence-corrected chi connectivity index (χ1v) is 6.25. The summed E-state index contributed by atoms with van der Waals surface area (Å²) in [5.74, 6) is -0.159. The lowest BCUT2D eigenvalue weighted by atomic mass is 10.3. The fraction of sp³-hybridized carbons (Fsp3) is 0.875. The second-order valence-corrected chi connectivity index (χ2v) is 5.23. The minimum Gasteiger partial charge on any atom is -0.386 e. The van der Waals surface area contributed by atoms with E-state index < -0.39 is 16.3 Å². The van der Waals surface area contributed by atoms with Crippen molar-refractivity contribution in [3.8, 4) is 0 Å². The van der Waals surface area contributed by atoms with Gasteiger partial charge in [-0.3, -0.25) is 5.41 Å². The molecule has 0 aliphatic carbocycles. The average Bonchev–Trinajstić information content (AvgIpc) is 2.16. The minimum atomic E-state index is -3.50. The minimum absolute atomic E-state index is 0.159. The van der Waals surface area contributed by atoms with Crippen LogP contribution in [0.4, 0.5) is 0 Å². The number of nitrogens with one attached hydrogen (secondary N) is 1. The standard InChI is InChI=1S/C8H20N4O2S/c1-5-12(6-2)15(13,14)11(4)7(3)8(9)10/h7H,5-6H2,1-4H3,(H3,9,10). The van der Waals surface area contributed by atoms with E-state index in [4.69, 9.17) is 11.1 Å². The predicted octanol–water partition coefficient (Wildman–Crippen LogP) is -0.171. The fourth-order valence-electron chi connectivity index (χ4n) is 1.13. The van der Waals surface area contributed by atoms with E-state index in [0.29, 0.717) is 13.1 Å². The van der Waals surface area contributed by atoms with Gasteiger partial charge in [0.05, 0.1) is 6.04 Å². The molecule has 0 bridgehead atoms. The van der Waals surface area contributed by atoms with Crippen LogP contribution in [0, 0.1) is 5.41 Å². The third-order valence-corrected chi connectivity index (χ3v) is 4.60. The molecule has 0 saturated heterocycles. The summed E-state index contributed by atoms with van der Waals surface area (Å²) in [6.45, 7) is 5.95. The largest absolute Gasteiger partial charge is 0.386 e. The van der Waals surface area contributed by atoms with Crippen LogP contribution in [0.15, 0.2) is 0 Å². The number of nitrogens with zero attached hydrogens (tertiary/aromatic N) is 2. The quantitative estimate of drug-likeness (QED) is 0.495. The van der Waals surface area contributed by atoms with Crippen LogP contribution in [0.1, 0.15) is 20.8 Å². The summed E-state index contributed by atoms with van der Waals surface area (Å²) < 4.78 is 26.3. The fourth-order valence-corrected chi connectivity index (χ4v) is 2.66. The van der Waals surface area contributed by atoms with E-state index in [1.165, 1.54) is 11.4 Å². The van der Waals surface area contributed by atoms with E-state index in [0.717, 1.165) is 4.31 Å². The number of amidine groups is 1. The lowest BCUT2D eigenvalue weighted by molar-refractivity contribution is 0.367. The van der Waals surface area contributed by atoms with Crippen molar-refractivity contribution < 1.29 is 8.42 Å². The van der Waals surface area contributed by atoms with Crippen LogP contribution in [0.3, 0.4) is 0 Å². The Balaban J connectivity index is 4.95. The number of likely N-dealkylation sites (N-methyl/N-ethyl adjacent to an activating group) is 1. The summed E-state index contributed by atoms with van der Waals surface area (Å²) in [6.07, 6.45) is 0. The lowest BCUT2D eigenvalue weighted by Crippen LogP contribution is -2.49. The zero-order chi connectivity index (χ0) is 12.2. The van der Waals surface area contributed by atoms with Crippen LogP contribution in [-0.2, 0) is 10.2 Å². The van der Waals surface area contributed by atoms with Crippen LogP contribution in [-0.4, -0.2) is 49.0 Å². The Morgan fingerprint density at radius 2 is 1.80 bits per heavy atom. The van der Waals surface area contributed by atoms with Crippen LogP contribution < -0.4 is 5.73 Å². The van der Waals surface area contributed by atoms with Gasteiger partial charge in [-0.2, -0.15) is 17.0 Å². The second-order valence-electron chi connectivity index (χ2n) is 3.24. The maximum Gasteiger partial charge on any atom is 0.282 e. The molecule has 3 N–H and O–H groups in total. The van der Waals surface area contributed by atoms with Crippen molar-refractivity contribution in [3.05, 3.63) is 0 Å². The zero-order valence-electron chi connectivity index (χ0n) is 9.69. The number of hydrogen-bond donors (Lipinski definition) is 2. The number of nitrogens with two attached hydrogens (primary N) is 1. The van der Waals surface area contributed by atoms with Crippen molar-refractivity contribution in [1.82, 2.24) is 8.61 Å². The van der Waals surface area contributed by atoms with Gasteiger partial charge in [-0.25, -0.2) is 0 Å². The zero-order valence-corrected chi connectivity index (χ0v) is 10.5. The summed E-state index contributed by atoms with van der Waals surface area (Å²) in [7, 11) is -2.07. The van der Waals surface area contributed by atoms with Gasteiger partial charge >= 0.3 is 0 Å². The molecule has 0 aromatic rings. The summed E-state index contributed by atoms with van der Waals surface area (Å²) in [6, 6.07) is -0.615. The first kappa shape index (κ1) is 14.3. The topological polar surface area (TPSA) is 90.5 Å². The first-order valence-electron chi connectivity index (χ1n) is 4.86. The molecule has 0 fully saturated rings. The predicted molar refractivity (Wildman–Crippen MR) is 61.0 cm³/mol. The van der Waals surface area contributed by atoms with Gasteiger partial charge in [0.2, 0.25) is 0 Å². The summed E-state index contributed by atoms with van der Waals surface area (Å²) in [4.78, 5) is 0. The molecule has 15 heavy (non-hydrogen) atoms. The van der Waals surface area contributed by atoms with Crippen LogP contribution in [0.2, 0.25) is 0 Å². The third-order valence-electron chi connectivity index (χ3n) is 2.39. The maximum atomic E-state index is 11.9. The molecule has 0 aromatic heterocycles. The normalized spacial score (nSPS) is 14.5. The SMILES string of the molecule is CCN(CC)S(=O)(=O)N(C)C(C)C(=N)N. The molecule has 6 nitrogen and oxygen atoms in total. The maximum absolute atomic E-state index is 11.9. The van der Waals surface area contributed by atoms with E-state index >= 15 is 0 Å². The monoisotopic (exact) mass is 236 g/mol. The highest BCUT2D eigenvalue weighted by atomic mass is 32.2. The molecule has 0 radical (unpaired) electrons. The molecule has 1 unspecified atom stereocenters. The van der Waals surface area contributed by atoms with Gasteiger partial charge in [0.25, 0.3) is 10.2 Å². The molecule has 0 spiro atoms. The van der Waals surface area contributed by atoms with Crippen molar-refractivity contribution in [2.24, 2.45) is 5.73 Å². The molecule has 0 rings (SSSR count). The highest BCUT2D eigenvalue weighted by molar-refractivity contribution is 7.86. The molecular weight excluding hydrogens is 216 g/mol. The summed E-state index contributed by atoms with van der Waals surface area (Å²) in [5, 5.41) is 7.22. The van der Waals surface area contributed by atoms with Crippen molar-refractivity contribution in [1.29, 1.82) is 5.41 Å². The van der Waals surface area contributed by atoms with Crippen LogP contribution in [0.5, 0.6) is 0 Å². The molecular formula is C8H20N4O2S. The molecule has 0 aliphatic heterocycles. The Bertz CT molecular complexity index is 311. The number of hydrogen-bond acceptors (Lipinski definition) is 3. The Morgan fingerprint density at radius 1 is 1.40 bits per heavy atom. The molecule has 0 aromatic carbocycles. The molecule has 0 aliphatic rings. The second kappa shape index (κ2) is 5.43. The van der Waals surface area contributed by atoms with E-state index in [9.17, 15) is 8.42 Å². The van der Waals surface area contributed by atoms with Gasteiger partial charge in [-0.1, -0.05) is 13.8 Å². The van der Waals surface area contributed by atoms with Crippen molar-refractivity contribution in [2.75, 3.05) is 20.1 Å². The van der Waals surface area contributed by atoms with E-state index in [1.54, 1.807) is 20.8 Å². The van der Waals surface area contributed by atoms with Crippen molar-refractivity contribution >= 4 is 16.0 Å². The van der Waals surface area contributed by atoms with Gasteiger partial charge in [-0.05, 0) is 6.92 Å². The van der Waals surface area contributed by atoms with Gasteiger partial charge < -0.3 is 5.73 Å². The first-order chi connectivity index (χ1) is 6.78. The van der Waals surface area contributed by atoms with Gasteiger partial charge in [-0.15, -0.1) is 0 Å². The van der Waals surface area contributed by atoms with Gasteiger partial charge in [0, 0.05) is 20.1 Å². The lowest BCUT2D eigenvalue weighted by Gasteiger charge is -2.29. The van der Waals surface area contributed by atoms with Crippen molar-refractivity contribution in [2.45, 2.75) is 26.8 Å². The molecule has 7 heteroatoms. The highest BCUT2D eigenvalue weighted by Gasteiger charge is 2.29. The smallest absolute Gasteiger partial charge is 0.282 e. The Morgan fingerprint density at radius 3 is 2.07 bits per heavy atom.